The number of imide groups is 1. The molecule has 2 saturated heterocycles. The lowest BCUT2D eigenvalue weighted by atomic mass is 9.85. The van der Waals surface area contributed by atoms with Crippen molar-refractivity contribution in [1.29, 1.82) is 0 Å². The first kappa shape index (κ1) is 14.0. The molecule has 2 aliphatic heterocycles. The molecule has 3 rings (SSSR count). The fraction of sp³-hybridized carbons (Fsp3) is 0.714. The predicted molar refractivity (Wildman–Crippen MR) is 74.1 cm³/mol. The largest absolute Gasteiger partial charge is 0.379 e. The van der Waals surface area contributed by atoms with Crippen LogP contribution < -0.4 is 0 Å². The zero-order chi connectivity index (χ0) is 14.1. The summed E-state index contributed by atoms with van der Waals surface area (Å²) >= 11 is 6.00. The third-order valence-electron chi connectivity index (χ3n) is 4.40. The normalized spacial score (nSPS) is 31.4. The van der Waals surface area contributed by atoms with Crippen molar-refractivity contribution in [3.63, 3.8) is 0 Å². The Morgan fingerprint density at radius 1 is 1.15 bits per heavy atom. The van der Waals surface area contributed by atoms with E-state index < -0.39 is 0 Å². The van der Waals surface area contributed by atoms with Gasteiger partial charge in [-0.05, 0) is 12.8 Å². The van der Waals surface area contributed by atoms with E-state index in [4.69, 9.17) is 16.3 Å². The Morgan fingerprint density at radius 2 is 1.85 bits per heavy atom. The van der Waals surface area contributed by atoms with Crippen LogP contribution in [-0.2, 0) is 14.3 Å². The maximum absolute atomic E-state index is 12.3. The van der Waals surface area contributed by atoms with Crippen molar-refractivity contribution in [2.75, 3.05) is 39.4 Å². The second-order valence-corrected chi connectivity index (χ2v) is 6.07. The lowest BCUT2D eigenvalue weighted by Gasteiger charge is -2.28. The van der Waals surface area contributed by atoms with Crippen molar-refractivity contribution in [2.45, 2.75) is 12.8 Å². The summed E-state index contributed by atoms with van der Waals surface area (Å²) in [5, 5.41) is 0.711. The van der Waals surface area contributed by atoms with Crippen molar-refractivity contribution >= 4 is 23.4 Å². The minimum absolute atomic E-state index is 0.0197. The summed E-state index contributed by atoms with van der Waals surface area (Å²) in [6, 6.07) is 0. The lowest BCUT2D eigenvalue weighted by Crippen LogP contribution is -2.43. The molecule has 20 heavy (non-hydrogen) atoms. The molecule has 3 aliphatic rings. The highest BCUT2D eigenvalue weighted by Gasteiger charge is 2.48. The molecule has 0 aromatic rings. The molecule has 1 aliphatic carbocycles. The molecule has 0 saturated carbocycles. The quantitative estimate of drug-likeness (QED) is 0.725. The Bertz CT molecular complexity index is 446. The number of nitrogens with zero attached hydrogens (tertiary/aromatic N) is 2. The fourth-order valence-corrected chi connectivity index (χ4v) is 3.44. The van der Waals surface area contributed by atoms with E-state index in [-0.39, 0.29) is 23.7 Å². The molecule has 2 atom stereocenters. The number of halogens is 1. The third kappa shape index (κ3) is 2.62. The molecule has 2 heterocycles. The molecule has 0 spiro atoms. The zero-order valence-electron chi connectivity index (χ0n) is 11.4. The van der Waals surface area contributed by atoms with E-state index >= 15 is 0 Å². The van der Waals surface area contributed by atoms with Crippen LogP contribution in [0.15, 0.2) is 11.1 Å². The lowest BCUT2D eigenvalue weighted by molar-refractivity contribution is -0.140. The molecule has 2 amide bonds. The molecule has 5 nitrogen and oxygen atoms in total. The van der Waals surface area contributed by atoms with E-state index in [1.165, 1.54) is 4.90 Å². The number of rotatable bonds is 3. The predicted octanol–water partition coefficient (Wildman–Crippen LogP) is 0.836. The maximum atomic E-state index is 12.3. The van der Waals surface area contributed by atoms with E-state index in [2.05, 4.69) is 4.90 Å². The average Bonchev–Trinajstić information content (AvgIpc) is 2.70. The number of amides is 2. The number of carbonyl (C=O) groups excluding carboxylic acids is 2. The van der Waals surface area contributed by atoms with Crippen LogP contribution in [0.25, 0.3) is 0 Å². The van der Waals surface area contributed by atoms with Crippen LogP contribution >= 0.6 is 11.6 Å². The summed E-state index contributed by atoms with van der Waals surface area (Å²) in [5.74, 6) is -0.479. The SMILES string of the molecule is O=C1[C@H]2CC(Cl)=CC[C@H]2C(=O)N1CCN1CCOCC1. The summed E-state index contributed by atoms with van der Waals surface area (Å²) in [6.07, 6.45) is 2.99. The maximum Gasteiger partial charge on any atom is 0.233 e. The molecular formula is C14H19ClN2O3. The molecule has 0 N–H and O–H groups in total. The van der Waals surface area contributed by atoms with Gasteiger partial charge in [-0.2, -0.15) is 0 Å². The van der Waals surface area contributed by atoms with E-state index in [9.17, 15) is 9.59 Å². The van der Waals surface area contributed by atoms with Gasteiger partial charge in [0.1, 0.15) is 0 Å². The number of hydrogen-bond donors (Lipinski definition) is 0. The second kappa shape index (κ2) is 5.84. The minimum Gasteiger partial charge on any atom is -0.379 e. The van der Waals surface area contributed by atoms with Gasteiger partial charge in [-0.1, -0.05) is 17.7 Å². The van der Waals surface area contributed by atoms with Gasteiger partial charge in [-0.15, -0.1) is 0 Å². The summed E-state index contributed by atoms with van der Waals surface area (Å²) in [6.45, 7) is 4.43. The molecule has 0 aromatic carbocycles. The van der Waals surface area contributed by atoms with Gasteiger partial charge in [0.2, 0.25) is 11.8 Å². The second-order valence-electron chi connectivity index (χ2n) is 5.59. The number of morpholine rings is 1. The Labute approximate surface area is 123 Å². The zero-order valence-corrected chi connectivity index (χ0v) is 12.1. The monoisotopic (exact) mass is 298 g/mol. The van der Waals surface area contributed by atoms with Crippen LogP contribution in [0.1, 0.15) is 12.8 Å². The fourth-order valence-electron chi connectivity index (χ4n) is 3.18. The van der Waals surface area contributed by atoms with Gasteiger partial charge in [0.25, 0.3) is 0 Å². The van der Waals surface area contributed by atoms with Gasteiger partial charge in [0.05, 0.1) is 25.0 Å². The number of ether oxygens (including phenoxy) is 1. The Morgan fingerprint density at radius 3 is 2.60 bits per heavy atom. The van der Waals surface area contributed by atoms with Gasteiger partial charge in [-0.25, -0.2) is 0 Å². The number of likely N-dealkylation sites (tertiary alicyclic amines) is 1. The highest BCUT2D eigenvalue weighted by Crippen LogP contribution is 2.38. The highest BCUT2D eigenvalue weighted by molar-refractivity contribution is 6.30. The Balaban J connectivity index is 1.60. The van der Waals surface area contributed by atoms with Crippen molar-refractivity contribution in [3.05, 3.63) is 11.1 Å². The summed E-state index contributed by atoms with van der Waals surface area (Å²) in [7, 11) is 0. The standard InChI is InChI=1S/C14H19ClN2O3/c15-10-1-2-11-12(9-10)14(19)17(13(11)18)4-3-16-5-7-20-8-6-16/h1,11-12H,2-9H2/t11-,12+/m1/s1. The van der Waals surface area contributed by atoms with E-state index in [0.717, 1.165) is 32.8 Å². The summed E-state index contributed by atoms with van der Waals surface area (Å²) in [4.78, 5) is 28.3. The molecule has 0 radical (unpaired) electrons. The highest BCUT2D eigenvalue weighted by atomic mass is 35.5. The number of hydrogen-bond acceptors (Lipinski definition) is 4. The number of allylic oxidation sites excluding steroid dienone is 2. The smallest absolute Gasteiger partial charge is 0.233 e. The third-order valence-corrected chi connectivity index (χ3v) is 4.71. The van der Waals surface area contributed by atoms with Crippen LogP contribution in [0.2, 0.25) is 0 Å². The molecule has 2 fully saturated rings. The molecular weight excluding hydrogens is 280 g/mol. The number of fused-ring (bicyclic) bond motifs is 1. The molecule has 0 unspecified atom stereocenters. The van der Waals surface area contributed by atoms with Crippen molar-refractivity contribution < 1.29 is 14.3 Å². The molecule has 110 valence electrons. The molecule has 0 aromatic heterocycles. The van der Waals surface area contributed by atoms with Gasteiger partial charge in [0.15, 0.2) is 0 Å². The van der Waals surface area contributed by atoms with Crippen LogP contribution in [-0.4, -0.2) is 61.0 Å². The van der Waals surface area contributed by atoms with E-state index in [1.54, 1.807) is 0 Å². The van der Waals surface area contributed by atoms with Gasteiger partial charge < -0.3 is 4.74 Å². The van der Waals surface area contributed by atoms with Crippen molar-refractivity contribution in [1.82, 2.24) is 9.80 Å². The van der Waals surface area contributed by atoms with Gasteiger partial charge in [0, 0.05) is 31.2 Å². The Kier molecular flexibility index (Phi) is 4.10. The Hall–Kier alpha value is -0.910. The first-order valence-corrected chi connectivity index (χ1v) is 7.54. The first-order chi connectivity index (χ1) is 9.66. The average molecular weight is 299 g/mol. The van der Waals surface area contributed by atoms with Crippen molar-refractivity contribution in [3.8, 4) is 0 Å². The molecule has 6 heteroatoms. The minimum atomic E-state index is -0.232. The topological polar surface area (TPSA) is 49.9 Å². The van der Waals surface area contributed by atoms with Crippen molar-refractivity contribution in [2.24, 2.45) is 11.8 Å². The van der Waals surface area contributed by atoms with Gasteiger partial charge >= 0.3 is 0 Å². The first-order valence-electron chi connectivity index (χ1n) is 7.16. The van der Waals surface area contributed by atoms with E-state index in [0.29, 0.717) is 24.4 Å². The van der Waals surface area contributed by atoms with Crippen LogP contribution in [0.3, 0.4) is 0 Å². The van der Waals surface area contributed by atoms with Gasteiger partial charge in [-0.3, -0.25) is 19.4 Å². The van der Waals surface area contributed by atoms with E-state index in [1.807, 2.05) is 6.08 Å². The van der Waals surface area contributed by atoms with Crippen LogP contribution in [0, 0.1) is 11.8 Å². The summed E-state index contributed by atoms with van der Waals surface area (Å²) in [5.41, 5.74) is 0. The molecule has 0 bridgehead atoms. The van der Waals surface area contributed by atoms with Crippen LogP contribution in [0.5, 0.6) is 0 Å². The number of carbonyl (C=O) groups is 2. The summed E-state index contributed by atoms with van der Waals surface area (Å²) < 4.78 is 5.29. The van der Waals surface area contributed by atoms with Crippen LogP contribution in [0.4, 0.5) is 0 Å².